The number of esters is 2. The number of fused-ring (bicyclic) bond motifs is 1. The highest BCUT2D eigenvalue weighted by Crippen LogP contribution is 2.33. The van der Waals surface area contributed by atoms with E-state index in [1.807, 2.05) is 36.4 Å². The number of rotatable bonds is 6. The van der Waals surface area contributed by atoms with Crippen LogP contribution < -0.4 is 0 Å². The van der Waals surface area contributed by atoms with Crippen LogP contribution in [0.2, 0.25) is 10.3 Å². The van der Waals surface area contributed by atoms with E-state index >= 15 is 0 Å². The Hall–Kier alpha value is -3.42. The van der Waals surface area contributed by atoms with Crippen molar-refractivity contribution in [3.05, 3.63) is 88.8 Å². The number of aromatic nitrogens is 3. The molecule has 2 heterocycles. The van der Waals surface area contributed by atoms with Crippen LogP contribution in [0, 0.1) is 0 Å². The monoisotopic (exact) mass is 499 g/mol. The first kappa shape index (κ1) is 25.2. The third-order valence-corrected chi connectivity index (χ3v) is 5.30. The lowest BCUT2D eigenvalue weighted by molar-refractivity contribution is -0.156. The van der Waals surface area contributed by atoms with Gasteiger partial charge in [-0.1, -0.05) is 83.9 Å². The molecule has 0 aliphatic carbocycles. The Kier molecular flexibility index (Phi) is 9.01. The second-order valence-electron chi connectivity index (χ2n) is 6.88. The molecule has 0 aliphatic heterocycles. The standard InChI is InChI=1S/C13H16O4.C12H7Cl2N3/c1-3-16-12(14)11(13(15)17-4-2)10-8-6-5-7-9-10;13-11-10(8-4-2-1-3-5-8)12(14)17-9(16-11)6-7-15-17/h5-9,11H,3-4H2,1-2H3;1-7H. The zero-order valence-electron chi connectivity index (χ0n) is 18.7. The number of carbonyl (C=O) groups excluding carboxylic acids is 2. The maximum Gasteiger partial charge on any atom is 0.324 e. The molecule has 0 N–H and O–H groups in total. The Morgan fingerprint density at radius 1 is 0.882 bits per heavy atom. The molecule has 2 aromatic carbocycles. The largest absolute Gasteiger partial charge is 0.465 e. The first-order valence-corrected chi connectivity index (χ1v) is 11.4. The summed E-state index contributed by atoms with van der Waals surface area (Å²) in [5, 5.41) is 4.96. The van der Waals surface area contributed by atoms with E-state index in [-0.39, 0.29) is 13.2 Å². The summed E-state index contributed by atoms with van der Waals surface area (Å²) >= 11 is 12.5. The van der Waals surface area contributed by atoms with Gasteiger partial charge < -0.3 is 9.47 Å². The van der Waals surface area contributed by atoms with E-state index in [9.17, 15) is 9.59 Å². The summed E-state index contributed by atoms with van der Waals surface area (Å²) in [6.45, 7) is 3.87. The van der Waals surface area contributed by atoms with Crippen LogP contribution in [-0.4, -0.2) is 39.8 Å². The molecule has 0 spiro atoms. The fourth-order valence-corrected chi connectivity index (χ4v) is 3.85. The van der Waals surface area contributed by atoms with Gasteiger partial charge in [-0.2, -0.15) is 5.10 Å². The first-order valence-electron chi connectivity index (χ1n) is 10.6. The van der Waals surface area contributed by atoms with Gasteiger partial charge in [-0.25, -0.2) is 9.50 Å². The molecule has 34 heavy (non-hydrogen) atoms. The van der Waals surface area contributed by atoms with Crippen molar-refractivity contribution < 1.29 is 19.1 Å². The predicted molar refractivity (Wildman–Crippen MR) is 131 cm³/mol. The van der Waals surface area contributed by atoms with Gasteiger partial charge in [0, 0.05) is 6.07 Å². The lowest BCUT2D eigenvalue weighted by atomic mass is 9.99. The van der Waals surface area contributed by atoms with Gasteiger partial charge in [0.1, 0.15) is 10.3 Å². The van der Waals surface area contributed by atoms with Gasteiger partial charge in [0.25, 0.3) is 0 Å². The van der Waals surface area contributed by atoms with Crippen LogP contribution in [0.3, 0.4) is 0 Å². The third-order valence-electron chi connectivity index (χ3n) is 4.67. The van der Waals surface area contributed by atoms with Crippen LogP contribution in [0.15, 0.2) is 72.9 Å². The summed E-state index contributed by atoms with van der Waals surface area (Å²) in [5.41, 5.74) is 2.85. The number of halogens is 2. The number of carbonyl (C=O) groups is 2. The van der Waals surface area contributed by atoms with Crippen molar-refractivity contribution in [2.24, 2.45) is 0 Å². The maximum absolute atomic E-state index is 11.7. The number of hydrogen-bond acceptors (Lipinski definition) is 6. The Morgan fingerprint density at radius 2 is 1.44 bits per heavy atom. The Balaban J connectivity index is 0.000000191. The van der Waals surface area contributed by atoms with E-state index < -0.39 is 17.9 Å². The second kappa shape index (κ2) is 12.2. The number of hydrogen-bond donors (Lipinski definition) is 0. The highest BCUT2D eigenvalue weighted by Gasteiger charge is 2.31. The Morgan fingerprint density at radius 3 is 2.00 bits per heavy atom. The van der Waals surface area contributed by atoms with Crippen LogP contribution >= 0.6 is 23.2 Å². The highest BCUT2D eigenvalue weighted by molar-refractivity contribution is 6.38. The summed E-state index contributed by atoms with van der Waals surface area (Å²) in [6, 6.07) is 20.2. The second-order valence-corrected chi connectivity index (χ2v) is 7.60. The minimum absolute atomic E-state index is 0.238. The van der Waals surface area contributed by atoms with Crippen molar-refractivity contribution in [2.45, 2.75) is 19.8 Å². The SMILES string of the molecule is CCOC(=O)C(C(=O)OCC)c1ccccc1.Clc1nc2ccnn2c(Cl)c1-c1ccccc1. The lowest BCUT2D eigenvalue weighted by Crippen LogP contribution is -2.26. The molecule has 7 nitrogen and oxygen atoms in total. The van der Waals surface area contributed by atoms with Gasteiger partial charge in [-0.15, -0.1) is 0 Å². The minimum atomic E-state index is -0.990. The van der Waals surface area contributed by atoms with E-state index in [1.54, 1.807) is 54.9 Å². The van der Waals surface area contributed by atoms with Crippen molar-refractivity contribution in [1.82, 2.24) is 14.6 Å². The average Bonchev–Trinajstić information content (AvgIpc) is 3.30. The molecule has 0 fully saturated rings. The van der Waals surface area contributed by atoms with Gasteiger partial charge in [-0.3, -0.25) is 9.59 Å². The maximum atomic E-state index is 11.7. The number of ether oxygens (including phenoxy) is 2. The molecule has 0 bridgehead atoms. The first-order chi connectivity index (χ1) is 16.5. The van der Waals surface area contributed by atoms with Crippen molar-refractivity contribution >= 4 is 40.8 Å². The van der Waals surface area contributed by atoms with Crippen LogP contribution in [0.4, 0.5) is 0 Å². The van der Waals surface area contributed by atoms with Gasteiger partial charge in [0.2, 0.25) is 0 Å². The quantitative estimate of drug-likeness (QED) is 0.195. The van der Waals surface area contributed by atoms with Crippen molar-refractivity contribution in [3.63, 3.8) is 0 Å². The molecule has 4 aromatic rings. The summed E-state index contributed by atoms with van der Waals surface area (Å²) in [4.78, 5) is 27.7. The van der Waals surface area contributed by atoms with Gasteiger partial charge >= 0.3 is 11.9 Å². The van der Waals surface area contributed by atoms with E-state index in [0.29, 0.717) is 27.1 Å². The topological polar surface area (TPSA) is 82.8 Å². The summed E-state index contributed by atoms with van der Waals surface area (Å²) < 4.78 is 11.3. The molecule has 0 radical (unpaired) electrons. The highest BCUT2D eigenvalue weighted by atomic mass is 35.5. The van der Waals surface area contributed by atoms with E-state index in [1.165, 1.54) is 0 Å². The zero-order chi connectivity index (χ0) is 24.5. The summed E-state index contributed by atoms with van der Waals surface area (Å²) in [7, 11) is 0. The van der Waals surface area contributed by atoms with Crippen LogP contribution in [0.1, 0.15) is 25.3 Å². The molecule has 0 unspecified atom stereocenters. The molecular formula is C25H23Cl2N3O4. The third kappa shape index (κ3) is 5.92. The molecule has 4 rings (SSSR count). The molecule has 2 aromatic heterocycles. The molecule has 176 valence electrons. The fourth-order valence-electron chi connectivity index (χ4n) is 3.19. The van der Waals surface area contributed by atoms with Gasteiger partial charge in [0.15, 0.2) is 11.6 Å². The zero-order valence-corrected chi connectivity index (χ0v) is 20.2. The number of benzene rings is 2. The summed E-state index contributed by atoms with van der Waals surface area (Å²) in [5.74, 6) is -2.13. The fraction of sp³-hybridized carbons (Fsp3) is 0.200. The molecule has 0 atom stereocenters. The van der Waals surface area contributed by atoms with Gasteiger partial charge in [-0.05, 0) is 25.0 Å². The minimum Gasteiger partial charge on any atom is -0.465 e. The summed E-state index contributed by atoms with van der Waals surface area (Å²) in [6.07, 6.45) is 1.64. The average molecular weight is 500 g/mol. The van der Waals surface area contributed by atoms with Crippen molar-refractivity contribution in [1.29, 1.82) is 0 Å². The van der Waals surface area contributed by atoms with Crippen LogP contribution in [0.25, 0.3) is 16.8 Å². The smallest absolute Gasteiger partial charge is 0.324 e. The van der Waals surface area contributed by atoms with Crippen molar-refractivity contribution in [2.75, 3.05) is 13.2 Å². The Labute approximate surface area is 207 Å². The molecule has 0 saturated heterocycles. The van der Waals surface area contributed by atoms with Crippen LogP contribution in [-0.2, 0) is 19.1 Å². The molecule has 0 saturated carbocycles. The van der Waals surface area contributed by atoms with Gasteiger partial charge in [0.05, 0.1) is 25.0 Å². The van der Waals surface area contributed by atoms with E-state index in [0.717, 1.165) is 5.56 Å². The molecular weight excluding hydrogens is 477 g/mol. The number of nitrogens with zero attached hydrogens (tertiary/aromatic N) is 3. The molecule has 0 amide bonds. The Bertz CT molecular complexity index is 1230. The predicted octanol–water partition coefficient (Wildman–Crippen LogP) is 5.60. The van der Waals surface area contributed by atoms with E-state index in [4.69, 9.17) is 32.7 Å². The molecule has 0 aliphatic rings. The lowest BCUT2D eigenvalue weighted by Gasteiger charge is -2.14. The van der Waals surface area contributed by atoms with E-state index in [2.05, 4.69) is 10.1 Å². The normalized spacial score (nSPS) is 10.5. The molecule has 9 heteroatoms. The van der Waals surface area contributed by atoms with Crippen molar-refractivity contribution in [3.8, 4) is 11.1 Å². The van der Waals surface area contributed by atoms with Crippen LogP contribution in [0.5, 0.6) is 0 Å².